The molecule has 4 heteroatoms. The Bertz CT molecular complexity index is 609. The van der Waals surface area contributed by atoms with Crippen molar-refractivity contribution in [3.05, 3.63) is 48.7 Å². The predicted molar refractivity (Wildman–Crippen MR) is 94.3 cm³/mol. The third kappa shape index (κ3) is 2.86. The molecule has 4 N–H and O–H groups in total. The van der Waals surface area contributed by atoms with Crippen LogP contribution >= 0.6 is 0 Å². The Morgan fingerprint density at radius 3 is 2.68 bits per heavy atom. The maximum atomic E-state index is 5.95. The molecule has 0 radical (unpaired) electrons. The summed E-state index contributed by atoms with van der Waals surface area (Å²) in [5, 5.41) is 7.28. The van der Waals surface area contributed by atoms with Crippen LogP contribution in [0.1, 0.15) is 32.1 Å². The second-order valence-electron chi connectivity index (χ2n) is 6.08. The van der Waals surface area contributed by atoms with Crippen molar-refractivity contribution in [1.82, 2.24) is 0 Å². The summed E-state index contributed by atoms with van der Waals surface area (Å²) in [7, 11) is 0. The van der Waals surface area contributed by atoms with Crippen LogP contribution in [0.4, 0.5) is 11.4 Å². The first-order chi connectivity index (χ1) is 10.7. The molecule has 0 aromatic heterocycles. The number of aliphatic imine (C=N–C) groups is 1. The minimum atomic E-state index is -0.0684. The van der Waals surface area contributed by atoms with E-state index in [2.05, 4.69) is 35.4 Å². The van der Waals surface area contributed by atoms with E-state index in [1.54, 1.807) is 6.08 Å². The number of nitrogens with zero attached hydrogens (tertiary/aromatic N) is 1. The molecule has 1 aliphatic carbocycles. The summed E-state index contributed by atoms with van der Waals surface area (Å²) in [4.78, 5) is 4.78. The van der Waals surface area contributed by atoms with Crippen LogP contribution in [0, 0.1) is 0 Å². The Balaban J connectivity index is 1.92. The van der Waals surface area contributed by atoms with E-state index in [0.717, 1.165) is 35.7 Å². The van der Waals surface area contributed by atoms with E-state index in [4.69, 9.17) is 10.7 Å². The van der Waals surface area contributed by atoms with Gasteiger partial charge in [-0.3, -0.25) is 4.99 Å². The Morgan fingerprint density at radius 2 is 1.95 bits per heavy atom. The molecule has 0 saturated heterocycles. The fourth-order valence-corrected chi connectivity index (χ4v) is 3.35. The summed E-state index contributed by atoms with van der Waals surface area (Å²) in [5.41, 5.74) is 8.86. The highest BCUT2D eigenvalue weighted by atomic mass is 15.2. The summed E-state index contributed by atoms with van der Waals surface area (Å²) in [6.45, 7) is 4.18. The van der Waals surface area contributed by atoms with Crippen LogP contribution in [0.25, 0.3) is 0 Å². The maximum Gasteiger partial charge on any atom is 0.127 e. The lowest BCUT2D eigenvalue weighted by atomic mass is 9.79. The fourth-order valence-electron chi connectivity index (χ4n) is 3.35. The van der Waals surface area contributed by atoms with Gasteiger partial charge in [0.05, 0.1) is 23.5 Å². The van der Waals surface area contributed by atoms with Crippen molar-refractivity contribution in [2.24, 2.45) is 10.7 Å². The Hall–Kier alpha value is -2.23. The molecule has 1 aromatic carbocycles. The molecule has 22 heavy (non-hydrogen) atoms. The summed E-state index contributed by atoms with van der Waals surface area (Å²) >= 11 is 0. The van der Waals surface area contributed by atoms with Crippen LogP contribution < -0.4 is 16.4 Å². The minimum Gasteiger partial charge on any atom is -0.401 e. The van der Waals surface area contributed by atoms with Crippen LogP contribution in [0.5, 0.6) is 0 Å². The van der Waals surface area contributed by atoms with Crippen molar-refractivity contribution >= 4 is 17.2 Å². The summed E-state index contributed by atoms with van der Waals surface area (Å²) in [6, 6.07) is 8.31. The van der Waals surface area contributed by atoms with E-state index in [1.807, 2.05) is 12.1 Å². The largest absolute Gasteiger partial charge is 0.401 e. The van der Waals surface area contributed by atoms with Gasteiger partial charge in [-0.2, -0.15) is 0 Å². The monoisotopic (exact) mass is 296 g/mol. The normalized spacial score (nSPS) is 21.8. The first-order valence-corrected chi connectivity index (χ1v) is 8.00. The minimum absolute atomic E-state index is 0.0684. The number of amidine groups is 1. The highest BCUT2D eigenvalue weighted by Gasteiger charge is 2.40. The van der Waals surface area contributed by atoms with E-state index in [0.29, 0.717) is 6.54 Å². The molecule has 1 aromatic rings. The smallest absolute Gasteiger partial charge is 0.127 e. The van der Waals surface area contributed by atoms with Crippen LogP contribution in [-0.4, -0.2) is 17.9 Å². The zero-order valence-corrected chi connectivity index (χ0v) is 12.9. The number of anilines is 2. The molecule has 0 bridgehead atoms. The van der Waals surface area contributed by atoms with Crippen molar-refractivity contribution < 1.29 is 0 Å². The van der Waals surface area contributed by atoms with Crippen molar-refractivity contribution in [3.63, 3.8) is 0 Å². The average Bonchev–Trinajstić information content (AvgIpc) is 2.54. The summed E-state index contributed by atoms with van der Waals surface area (Å²) < 4.78 is 0. The standard InChI is InChI=1S/C18H24N4/c1-2-8-14(19)13-20-17-18(11-6-3-7-12-18)22-16-10-5-4-9-15(16)21-17/h2,4-5,8-10,22H,1,3,6-7,11-13,19H2,(H,20,21)/b14-8-. The zero-order valence-electron chi connectivity index (χ0n) is 12.9. The third-order valence-corrected chi connectivity index (χ3v) is 4.47. The molecule has 1 heterocycles. The van der Waals surface area contributed by atoms with Gasteiger partial charge in [-0.25, -0.2) is 0 Å². The van der Waals surface area contributed by atoms with E-state index in [-0.39, 0.29) is 5.54 Å². The average molecular weight is 296 g/mol. The van der Waals surface area contributed by atoms with Gasteiger partial charge in [-0.05, 0) is 31.1 Å². The SMILES string of the molecule is C=C/C=C(\N)CN=C1Nc2ccccc2NC12CCCCC2. The molecular weight excluding hydrogens is 272 g/mol. The van der Waals surface area contributed by atoms with Crippen molar-refractivity contribution in [1.29, 1.82) is 0 Å². The summed E-state index contributed by atoms with van der Waals surface area (Å²) in [5.74, 6) is 1.02. The van der Waals surface area contributed by atoms with Gasteiger partial charge < -0.3 is 16.4 Å². The van der Waals surface area contributed by atoms with Crippen molar-refractivity contribution in [2.45, 2.75) is 37.6 Å². The lowest BCUT2D eigenvalue weighted by Gasteiger charge is -2.44. The lowest BCUT2D eigenvalue weighted by Crippen LogP contribution is -2.53. The molecule has 116 valence electrons. The molecule has 0 atom stereocenters. The number of nitrogens with one attached hydrogen (secondary N) is 2. The van der Waals surface area contributed by atoms with Gasteiger partial charge in [0.2, 0.25) is 0 Å². The van der Waals surface area contributed by atoms with Crippen molar-refractivity contribution in [3.8, 4) is 0 Å². The molecule has 1 aliphatic heterocycles. The molecule has 0 amide bonds. The molecule has 3 rings (SSSR count). The highest BCUT2D eigenvalue weighted by molar-refractivity contribution is 6.09. The fraction of sp³-hybridized carbons (Fsp3) is 0.389. The number of nitrogens with two attached hydrogens (primary N) is 1. The second kappa shape index (κ2) is 6.26. The molecule has 1 spiro atoms. The van der Waals surface area contributed by atoms with E-state index < -0.39 is 0 Å². The van der Waals surface area contributed by atoms with Gasteiger partial charge in [0.1, 0.15) is 5.84 Å². The lowest BCUT2D eigenvalue weighted by molar-refractivity contribution is 0.403. The Labute approximate surface area is 132 Å². The number of benzene rings is 1. The first kappa shape index (κ1) is 14.7. The second-order valence-corrected chi connectivity index (χ2v) is 6.08. The highest BCUT2D eigenvalue weighted by Crippen LogP contribution is 2.39. The van der Waals surface area contributed by atoms with Gasteiger partial charge in [0.15, 0.2) is 0 Å². The third-order valence-electron chi connectivity index (χ3n) is 4.47. The number of hydrogen-bond acceptors (Lipinski definition) is 3. The predicted octanol–water partition coefficient (Wildman–Crippen LogP) is 3.65. The quantitative estimate of drug-likeness (QED) is 0.746. The number of fused-ring (bicyclic) bond motifs is 1. The van der Waals surface area contributed by atoms with Crippen molar-refractivity contribution in [2.75, 3.05) is 17.2 Å². The first-order valence-electron chi connectivity index (χ1n) is 8.00. The van der Waals surface area contributed by atoms with E-state index in [1.165, 1.54) is 19.3 Å². The zero-order chi connectivity index (χ0) is 15.4. The van der Waals surface area contributed by atoms with E-state index >= 15 is 0 Å². The number of rotatable bonds is 3. The van der Waals surface area contributed by atoms with Gasteiger partial charge >= 0.3 is 0 Å². The van der Waals surface area contributed by atoms with Crippen LogP contribution in [0.3, 0.4) is 0 Å². The molecule has 2 aliphatic rings. The van der Waals surface area contributed by atoms with Gasteiger partial charge in [0, 0.05) is 5.70 Å². The van der Waals surface area contributed by atoms with Crippen LogP contribution in [0.2, 0.25) is 0 Å². The molecular formula is C18H24N4. The van der Waals surface area contributed by atoms with Crippen LogP contribution in [0.15, 0.2) is 53.7 Å². The molecule has 1 fully saturated rings. The van der Waals surface area contributed by atoms with Gasteiger partial charge in [-0.15, -0.1) is 0 Å². The number of allylic oxidation sites excluding steroid dienone is 2. The summed E-state index contributed by atoms with van der Waals surface area (Å²) in [6.07, 6.45) is 9.49. The van der Waals surface area contributed by atoms with Crippen LogP contribution in [-0.2, 0) is 0 Å². The molecule has 0 unspecified atom stereocenters. The molecule has 4 nitrogen and oxygen atoms in total. The molecule has 1 saturated carbocycles. The van der Waals surface area contributed by atoms with Gasteiger partial charge in [0.25, 0.3) is 0 Å². The Morgan fingerprint density at radius 1 is 1.23 bits per heavy atom. The topological polar surface area (TPSA) is 62.4 Å². The Kier molecular flexibility index (Phi) is 4.18. The number of para-hydroxylation sites is 2. The van der Waals surface area contributed by atoms with E-state index in [9.17, 15) is 0 Å². The maximum absolute atomic E-state index is 5.95. The van der Waals surface area contributed by atoms with Gasteiger partial charge in [-0.1, -0.05) is 44.1 Å². The number of hydrogen-bond donors (Lipinski definition) is 3.